The highest BCUT2D eigenvalue weighted by molar-refractivity contribution is 6.06. The Labute approximate surface area is 147 Å². The zero-order valence-electron chi connectivity index (χ0n) is 14.8. The van der Waals surface area contributed by atoms with Crippen LogP contribution in [0.25, 0.3) is 21.9 Å². The molecule has 0 N–H and O–H groups in total. The fraction of sp³-hybridized carbons (Fsp3) is 0.227. The van der Waals surface area contributed by atoms with Gasteiger partial charge in [-0.2, -0.15) is 0 Å². The summed E-state index contributed by atoms with van der Waals surface area (Å²) >= 11 is 0. The van der Waals surface area contributed by atoms with E-state index >= 15 is 0 Å². The minimum absolute atomic E-state index is 0.144. The van der Waals surface area contributed by atoms with Crippen molar-refractivity contribution in [3.63, 3.8) is 0 Å². The second-order valence-corrected chi connectivity index (χ2v) is 6.97. The zero-order valence-corrected chi connectivity index (χ0v) is 14.8. The molecule has 126 valence electrons. The summed E-state index contributed by atoms with van der Waals surface area (Å²) < 4.78 is 10.9. The Bertz CT molecular complexity index is 1020. The van der Waals surface area contributed by atoms with Gasteiger partial charge in [-0.1, -0.05) is 38.1 Å². The average molecular weight is 332 g/mol. The van der Waals surface area contributed by atoms with Crippen molar-refractivity contribution >= 4 is 16.7 Å². The topological polar surface area (TPSA) is 35.5 Å². The van der Waals surface area contributed by atoms with Crippen molar-refractivity contribution in [3.8, 4) is 22.6 Å². The van der Waals surface area contributed by atoms with Crippen LogP contribution in [0.5, 0.6) is 11.5 Å². The van der Waals surface area contributed by atoms with Gasteiger partial charge in [0.1, 0.15) is 11.5 Å². The third-order valence-corrected chi connectivity index (χ3v) is 5.10. The number of carbonyl (C=O) groups is 1. The lowest BCUT2D eigenvalue weighted by Gasteiger charge is -2.22. The lowest BCUT2D eigenvalue weighted by molar-refractivity contribution is -0.131. The molecule has 0 aliphatic heterocycles. The monoisotopic (exact) mass is 332 g/mol. The molecule has 1 aliphatic rings. The molecule has 0 spiro atoms. The van der Waals surface area contributed by atoms with Crippen LogP contribution in [0.4, 0.5) is 0 Å². The molecule has 0 heterocycles. The lowest BCUT2D eigenvalue weighted by Crippen LogP contribution is -2.15. The van der Waals surface area contributed by atoms with Gasteiger partial charge in [-0.15, -0.1) is 0 Å². The number of benzene rings is 3. The summed E-state index contributed by atoms with van der Waals surface area (Å²) in [5.74, 6) is 1.00. The molecule has 0 fully saturated rings. The van der Waals surface area contributed by atoms with Crippen LogP contribution in [-0.2, 0) is 10.2 Å². The van der Waals surface area contributed by atoms with Gasteiger partial charge in [0.2, 0.25) is 0 Å². The maximum absolute atomic E-state index is 11.6. The van der Waals surface area contributed by atoms with Gasteiger partial charge in [0, 0.05) is 17.7 Å². The van der Waals surface area contributed by atoms with Crippen molar-refractivity contribution in [2.75, 3.05) is 7.11 Å². The minimum Gasteiger partial charge on any atom is -0.497 e. The standard InChI is InChI=1S/C22H20O3/c1-13(23)25-20-12-19-21(15-10-9-14(24-4)11-17(15)20)16-7-5-6-8-18(16)22(19,2)3/h5-12H,1-4H3. The first-order valence-corrected chi connectivity index (χ1v) is 8.37. The van der Waals surface area contributed by atoms with E-state index in [1.807, 2.05) is 18.2 Å². The van der Waals surface area contributed by atoms with E-state index in [9.17, 15) is 4.79 Å². The molecule has 0 aromatic heterocycles. The molecule has 3 heteroatoms. The molecule has 25 heavy (non-hydrogen) atoms. The van der Waals surface area contributed by atoms with Crippen LogP contribution in [0, 0.1) is 0 Å². The second kappa shape index (κ2) is 5.35. The van der Waals surface area contributed by atoms with E-state index in [4.69, 9.17) is 9.47 Å². The first-order valence-electron chi connectivity index (χ1n) is 8.37. The summed E-state index contributed by atoms with van der Waals surface area (Å²) in [7, 11) is 1.64. The zero-order chi connectivity index (χ0) is 17.8. The summed E-state index contributed by atoms with van der Waals surface area (Å²) in [6, 6.07) is 16.4. The maximum Gasteiger partial charge on any atom is 0.308 e. The summed E-state index contributed by atoms with van der Waals surface area (Å²) in [4.78, 5) is 11.6. The van der Waals surface area contributed by atoms with Crippen LogP contribution >= 0.6 is 0 Å². The van der Waals surface area contributed by atoms with Gasteiger partial charge < -0.3 is 9.47 Å². The molecule has 0 saturated carbocycles. The number of hydrogen-bond acceptors (Lipinski definition) is 3. The highest BCUT2D eigenvalue weighted by Gasteiger charge is 2.37. The van der Waals surface area contributed by atoms with Crippen LogP contribution in [0.15, 0.2) is 48.5 Å². The van der Waals surface area contributed by atoms with Gasteiger partial charge in [-0.25, -0.2) is 0 Å². The van der Waals surface area contributed by atoms with Crippen LogP contribution in [0.1, 0.15) is 31.9 Å². The van der Waals surface area contributed by atoms with Crippen molar-refractivity contribution in [2.45, 2.75) is 26.2 Å². The molecule has 0 radical (unpaired) electrons. The van der Waals surface area contributed by atoms with Crippen LogP contribution in [-0.4, -0.2) is 13.1 Å². The molecule has 0 atom stereocenters. The predicted octanol–water partition coefficient (Wildman–Crippen LogP) is 5.08. The van der Waals surface area contributed by atoms with Crippen molar-refractivity contribution in [3.05, 3.63) is 59.7 Å². The number of fused-ring (bicyclic) bond motifs is 5. The largest absolute Gasteiger partial charge is 0.497 e. The molecule has 0 bridgehead atoms. The van der Waals surface area contributed by atoms with Crippen molar-refractivity contribution in [2.24, 2.45) is 0 Å². The minimum atomic E-state index is -0.322. The van der Waals surface area contributed by atoms with E-state index in [-0.39, 0.29) is 11.4 Å². The summed E-state index contributed by atoms with van der Waals surface area (Å²) in [6.07, 6.45) is 0. The summed E-state index contributed by atoms with van der Waals surface area (Å²) in [5, 5.41) is 1.97. The second-order valence-electron chi connectivity index (χ2n) is 6.97. The van der Waals surface area contributed by atoms with Crippen LogP contribution in [0.3, 0.4) is 0 Å². The van der Waals surface area contributed by atoms with Gasteiger partial charge in [-0.05, 0) is 51.9 Å². The number of rotatable bonds is 2. The van der Waals surface area contributed by atoms with E-state index in [2.05, 4.69) is 44.2 Å². The van der Waals surface area contributed by atoms with E-state index in [0.29, 0.717) is 5.75 Å². The van der Waals surface area contributed by atoms with Gasteiger partial charge in [0.25, 0.3) is 0 Å². The summed E-state index contributed by atoms with van der Waals surface area (Å²) in [5.41, 5.74) is 4.79. The Morgan fingerprint density at radius 3 is 2.44 bits per heavy atom. The predicted molar refractivity (Wildman–Crippen MR) is 99.4 cm³/mol. The SMILES string of the molecule is COc1ccc2c3c(cc(OC(C)=O)c2c1)C(C)(C)c1ccccc1-3. The third-order valence-electron chi connectivity index (χ3n) is 5.10. The van der Waals surface area contributed by atoms with E-state index < -0.39 is 0 Å². The van der Waals surface area contributed by atoms with Crippen molar-refractivity contribution < 1.29 is 14.3 Å². The van der Waals surface area contributed by atoms with Crippen molar-refractivity contribution in [1.29, 1.82) is 0 Å². The number of esters is 1. The van der Waals surface area contributed by atoms with E-state index in [1.54, 1.807) is 7.11 Å². The fourth-order valence-corrected chi connectivity index (χ4v) is 3.91. The molecule has 0 amide bonds. The number of methoxy groups -OCH3 is 1. The highest BCUT2D eigenvalue weighted by atomic mass is 16.5. The number of carbonyl (C=O) groups excluding carboxylic acids is 1. The Morgan fingerprint density at radius 2 is 1.72 bits per heavy atom. The first kappa shape index (κ1) is 15.7. The lowest BCUT2D eigenvalue weighted by atomic mass is 9.82. The molecule has 3 aromatic rings. The Hall–Kier alpha value is -2.81. The van der Waals surface area contributed by atoms with Gasteiger partial charge in [0.15, 0.2) is 0 Å². The molecule has 4 rings (SSSR count). The average Bonchev–Trinajstić information content (AvgIpc) is 2.82. The quantitative estimate of drug-likeness (QED) is 0.485. The first-order chi connectivity index (χ1) is 11.9. The molecule has 3 nitrogen and oxygen atoms in total. The fourth-order valence-electron chi connectivity index (χ4n) is 3.91. The summed E-state index contributed by atoms with van der Waals surface area (Å²) in [6.45, 7) is 5.86. The maximum atomic E-state index is 11.6. The smallest absolute Gasteiger partial charge is 0.308 e. The molecule has 1 aliphatic carbocycles. The van der Waals surface area contributed by atoms with Gasteiger partial charge >= 0.3 is 5.97 Å². The highest BCUT2D eigenvalue weighted by Crippen LogP contribution is 2.53. The number of hydrogen-bond donors (Lipinski definition) is 0. The van der Waals surface area contributed by atoms with Crippen molar-refractivity contribution in [1.82, 2.24) is 0 Å². The molecule has 0 saturated heterocycles. The van der Waals surface area contributed by atoms with E-state index in [1.165, 1.54) is 29.2 Å². The number of ether oxygens (including phenoxy) is 2. The molecular formula is C22H20O3. The van der Waals surface area contributed by atoms with E-state index in [0.717, 1.165) is 16.5 Å². The van der Waals surface area contributed by atoms with Gasteiger partial charge in [0.05, 0.1) is 7.11 Å². The van der Waals surface area contributed by atoms with Crippen LogP contribution in [0.2, 0.25) is 0 Å². The Morgan fingerprint density at radius 1 is 0.960 bits per heavy atom. The molecule has 3 aromatic carbocycles. The molecule has 0 unspecified atom stereocenters. The third kappa shape index (κ3) is 2.23. The molecular weight excluding hydrogens is 312 g/mol. The van der Waals surface area contributed by atoms with Gasteiger partial charge in [-0.3, -0.25) is 4.79 Å². The Balaban J connectivity index is 2.13. The normalized spacial score (nSPS) is 14.1. The Kier molecular flexibility index (Phi) is 3.36. The van der Waals surface area contributed by atoms with Crippen LogP contribution < -0.4 is 9.47 Å².